The van der Waals surface area contributed by atoms with Gasteiger partial charge in [-0.2, -0.15) is 0 Å². The molecule has 1 fully saturated rings. The minimum atomic E-state index is 0.0272. The van der Waals surface area contributed by atoms with Crippen molar-refractivity contribution in [2.24, 2.45) is 0 Å². The number of ether oxygens (including phenoxy) is 1. The van der Waals surface area contributed by atoms with Gasteiger partial charge in [0.25, 0.3) is 5.91 Å². The van der Waals surface area contributed by atoms with Gasteiger partial charge in [0, 0.05) is 44.5 Å². The van der Waals surface area contributed by atoms with Gasteiger partial charge in [-0.25, -0.2) is 4.98 Å². The zero-order chi connectivity index (χ0) is 22.3. The van der Waals surface area contributed by atoms with Gasteiger partial charge in [0.1, 0.15) is 11.6 Å². The van der Waals surface area contributed by atoms with Gasteiger partial charge in [0.2, 0.25) is 0 Å². The molecule has 1 aromatic heterocycles. The van der Waals surface area contributed by atoms with Crippen LogP contribution in [0.2, 0.25) is 0 Å². The van der Waals surface area contributed by atoms with Gasteiger partial charge < -0.3 is 15.4 Å². The van der Waals surface area contributed by atoms with E-state index in [1.807, 2.05) is 42.2 Å². The number of nitrogens with two attached hydrogens (primary N) is 1. The van der Waals surface area contributed by atoms with Crippen LogP contribution in [0.3, 0.4) is 0 Å². The molecule has 6 heteroatoms. The van der Waals surface area contributed by atoms with Crippen molar-refractivity contribution in [3.63, 3.8) is 0 Å². The first-order valence-electron chi connectivity index (χ1n) is 11.1. The Morgan fingerprint density at radius 2 is 1.72 bits per heavy atom. The van der Waals surface area contributed by atoms with Crippen molar-refractivity contribution in [3.8, 4) is 5.75 Å². The molecule has 1 saturated heterocycles. The lowest BCUT2D eigenvalue weighted by atomic mass is 10.0. The third kappa shape index (κ3) is 5.08. The number of hydrogen-bond donors (Lipinski definition) is 1. The van der Waals surface area contributed by atoms with E-state index in [9.17, 15) is 4.79 Å². The van der Waals surface area contributed by atoms with Crippen LogP contribution in [0.15, 0.2) is 66.9 Å². The molecule has 0 bridgehead atoms. The number of benzene rings is 2. The van der Waals surface area contributed by atoms with Crippen LogP contribution < -0.4 is 10.5 Å². The summed E-state index contributed by atoms with van der Waals surface area (Å²) in [6, 6.07) is 19.9. The highest BCUT2D eigenvalue weighted by Gasteiger charge is 2.25. The van der Waals surface area contributed by atoms with Crippen LogP contribution in [0.4, 0.5) is 5.82 Å². The predicted molar refractivity (Wildman–Crippen MR) is 127 cm³/mol. The Balaban J connectivity index is 1.41. The van der Waals surface area contributed by atoms with Gasteiger partial charge in [0.05, 0.1) is 12.2 Å². The van der Waals surface area contributed by atoms with Crippen molar-refractivity contribution in [2.45, 2.75) is 19.9 Å². The number of amides is 1. The molecule has 0 atom stereocenters. The largest absolute Gasteiger partial charge is 0.493 e. The Morgan fingerprint density at radius 1 is 1.00 bits per heavy atom. The van der Waals surface area contributed by atoms with E-state index >= 15 is 0 Å². The fraction of sp³-hybridized carbons (Fsp3) is 0.308. The number of hydrogen-bond acceptors (Lipinski definition) is 5. The van der Waals surface area contributed by atoms with Gasteiger partial charge in [-0.3, -0.25) is 9.69 Å². The SMILES string of the molecule is CCOc1ccccc1C(=O)N1CCN(Cc2c(Cc3ccccc3)ccnc2N)CC1. The van der Waals surface area contributed by atoms with Crippen LogP contribution in [-0.2, 0) is 13.0 Å². The molecule has 1 aliphatic rings. The Labute approximate surface area is 189 Å². The van der Waals surface area contributed by atoms with Gasteiger partial charge in [-0.15, -0.1) is 0 Å². The van der Waals surface area contributed by atoms with Crippen molar-refractivity contribution in [3.05, 3.63) is 89.1 Å². The highest BCUT2D eigenvalue weighted by atomic mass is 16.5. The molecule has 2 aromatic carbocycles. The lowest BCUT2D eigenvalue weighted by Gasteiger charge is -2.35. The normalized spacial score (nSPS) is 14.3. The monoisotopic (exact) mass is 430 g/mol. The summed E-state index contributed by atoms with van der Waals surface area (Å²) in [5, 5.41) is 0. The van der Waals surface area contributed by atoms with Crippen LogP contribution in [0, 0.1) is 0 Å². The van der Waals surface area contributed by atoms with Gasteiger partial charge in [-0.05, 0) is 42.7 Å². The van der Waals surface area contributed by atoms with Crippen molar-refractivity contribution in [1.82, 2.24) is 14.8 Å². The maximum absolute atomic E-state index is 13.1. The van der Waals surface area contributed by atoms with E-state index in [0.29, 0.717) is 36.8 Å². The number of carbonyl (C=O) groups is 1. The molecule has 166 valence electrons. The molecular formula is C26H30N4O2. The van der Waals surface area contributed by atoms with Gasteiger partial charge >= 0.3 is 0 Å². The number of anilines is 1. The number of pyridine rings is 1. The second-order valence-electron chi connectivity index (χ2n) is 7.99. The minimum Gasteiger partial charge on any atom is -0.493 e. The number of aromatic nitrogens is 1. The minimum absolute atomic E-state index is 0.0272. The summed E-state index contributed by atoms with van der Waals surface area (Å²) in [5.41, 5.74) is 10.4. The summed E-state index contributed by atoms with van der Waals surface area (Å²) in [6.07, 6.45) is 2.61. The lowest BCUT2D eigenvalue weighted by molar-refractivity contribution is 0.0624. The topological polar surface area (TPSA) is 71.7 Å². The molecule has 1 aliphatic heterocycles. The van der Waals surface area contributed by atoms with E-state index in [4.69, 9.17) is 10.5 Å². The molecule has 0 spiro atoms. The van der Waals surface area contributed by atoms with Crippen molar-refractivity contribution >= 4 is 11.7 Å². The molecule has 0 aliphatic carbocycles. The molecular weight excluding hydrogens is 400 g/mol. The highest BCUT2D eigenvalue weighted by molar-refractivity contribution is 5.97. The average molecular weight is 431 g/mol. The number of nitrogens with zero attached hydrogens (tertiary/aromatic N) is 3. The summed E-state index contributed by atoms with van der Waals surface area (Å²) in [7, 11) is 0. The van der Waals surface area contributed by atoms with Gasteiger partial charge in [0.15, 0.2) is 0 Å². The zero-order valence-electron chi connectivity index (χ0n) is 18.5. The van der Waals surface area contributed by atoms with E-state index in [-0.39, 0.29) is 5.91 Å². The summed E-state index contributed by atoms with van der Waals surface area (Å²) < 4.78 is 5.65. The Kier molecular flexibility index (Phi) is 7.02. The van der Waals surface area contributed by atoms with Crippen molar-refractivity contribution in [2.75, 3.05) is 38.5 Å². The van der Waals surface area contributed by atoms with Crippen LogP contribution in [0.5, 0.6) is 5.75 Å². The van der Waals surface area contributed by atoms with Crippen LogP contribution in [-0.4, -0.2) is 53.5 Å². The smallest absolute Gasteiger partial charge is 0.257 e. The van der Waals surface area contributed by atoms with E-state index in [2.05, 4.69) is 40.2 Å². The van der Waals surface area contributed by atoms with E-state index in [0.717, 1.165) is 31.6 Å². The molecule has 2 N–H and O–H groups in total. The molecule has 1 amide bonds. The zero-order valence-corrected chi connectivity index (χ0v) is 18.5. The average Bonchev–Trinajstić information content (AvgIpc) is 2.83. The maximum atomic E-state index is 13.1. The van der Waals surface area contributed by atoms with E-state index < -0.39 is 0 Å². The maximum Gasteiger partial charge on any atom is 0.257 e. The fourth-order valence-corrected chi connectivity index (χ4v) is 4.14. The lowest BCUT2D eigenvalue weighted by Crippen LogP contribution is -2.48. The van der Waals surface area contributed by atoms with Crippen LogP contribution in [0.25, 0.3) is 0 Å². The molecule has 0 radical (unpaired) electrons. The molecule has 6 nitrogen and oxygen atoms in total. The summed E-state index contributed by atoms with van der Waals surface area (Å²) in [6.45, 7) is 6.13. The first-order chi connectivity index (χ1) is 15.7. The number of para-hydroxylation sites is 1. The Bertz CT molecular complexity index is 1050. The van der Waals surface area contributed by atoms with Crippen molar-refractivity contribution in [1.29, 1.82) is 0 Å². The second kappa shape index (κ2) is 10.3. The van der Waals surface area contributed by atoms with Crippen LogP contribution in [0.1, 0.15) is 34.0 Å². The molecule has 4 rings (SSSR count). The van der Waals surface area contributed by atoms with E-state index in [1.54, 1.807) is 6.20 Å². The first-order valence-corrected chi connectivity index (χ1v) is 11.1. The summed E-state index contributed by atoms with van der Waals surface area (Å²) in [4.78, 5) is 21.7. The molecule has 2 heterocycles. The van der Waals surface area contributed by atoms with Gasteiger partial charge in [-0.1, -0.05) is 42.5 Å². The first kappa shape index (κ1) is 21.8. The fourth-order valence-electron chi connectivity index (χ4n) is 4.14. The molecule has 0 saturated carbocycles. The molecule has 3 aromatic rings. The van der Waals surface area contributed by atoms with Crippen LogP contribution >= 0.6 is 0 Å². The summed E-state index contributed by atoms with van der Waals surface area (Å²) in [5.74, 6) is 1.26. The number of nitrogen functional groups attached to an aromatic ring is 1. The third-order valence-electron chi connectivity index (χ3n) is 5.88. The standard InChI is InChI=1S/C26H30N4O2/c1-2-32-24-11-7-6-10-22(24)26(31)30-16-14-29(15-17-30)19-23-21(12-13-28-25(23)27)18-20-8-4-3-5-9-20/h3-13H,2,14-19H2,1H3,(H2,27,28). The van der Waals surface area contributed by atoms with Crippen molar-refractivity contribution < 1.29 is 9.53 Å². The Hall–Kier alpha value is -3.38. The number of carbonyl (C=O) groups excluding carboxylic acids is 1. The molecule has 0 unspecified atom stereocenters. The second-order valence-corrected chi connectivity index (χ2v) is 7.99. The number of rotatable bonds is 7. The molecule has 32 heavy (non-hydrogen) atoms. The highest BCUT2D eigenvalue weighted by Crippen LogP contribution is 2.23. The Morgan fingerprint density at radius 3 is 2.47 bits per heavy atom. The summed E-state index contributed by atoms with van der Waals surface area (Å²) >= 11 is 0. The third-order valence-corrected chi connectivity index (χ3v) is 5.88. The van der Waals surface area contributed by atoms with E-state index in [1.165, 1.54) is 11.1 Å². The predicted octanol–water partition coefficient (Wildman–Crippen LogP) is 3.61. The quantitative estimate of drug-likeness (QED) is 0.620. The number of piperazine rings is 1.